The zero-order chi connectivity index (χ0) is 29.9. The van der Waals surface area contributed by atoms with Gasteiger partial charge in [0.05, 0.1) is 23.7 Å². The van der Waals surface area contributed by atoms with Crippen LogP contribution in [-0.4, -0.2) is 28.0 Å². The predicted molar refractivity (Wildman–Crippen MR) is 158 cm³/mol. The first-order chi connectivity index (χ1) is 20.1. The molecule has 0 aliphatic carbocycles. The van der Waals surface area contributed by atoms with Crippen molar-refractivity contribution in [1.82, 2.24) is 15.0 Å². The molecule has 5 aromatic rings. The van der Waals surface area contributed by atoms with Crippen LogP contribution in [0, 0.1) is 0 Å². The molecule has 42 heavy (non-hydrogen) atoms. The Morgan fingerprint density at radius 1 is 0.952 bits per heavy atom. The van der Waals surface area contributed by atoms with Crippen molar-refractivity contribution in [2.24, 2.45) is 0 Å². The number of benzene rings is 3. The van der Waals surface area contributed by atoms with E-state index in [9.17, 15) is 18.0 Å². The Hall–Kier alpha value is -4.64. The van der Waals surface area contributed by atoms with Gasteiger partial charge >= 0.3 is 6.18 Å². The second-order valence-electron chi connectivity index (χ2n) is 9.63. The van der Waals surface area contributed by atoms with Gasteiger partial charge < -0.3 is 15.4 Å². The summed E-state index contributed by atoms with van der Waals surface area (Å²) in [5.41, 5.74) is 1.43. The third-order valence-corrected chi connectivity index (χ3v) is 7.42. The molecule has 0 aliphatic rings. The topological polar surface area (TPSA) is 89.0 Å². The molecule has 0 saturated carbocycles. The Morgan fingerprint density at radius 3 is 2.45 bits per heavy atom. The molecule has 0 fully saturated rings. The van der Waals surface area contributed by atoms with Crippen LogP contribution in [0.3, 0.4) is 0 Å². The van der Waals surface area contributed by atoms with E-state index >= 15 is 0 Å². The number of rotatable bonds is 8. The summed E-state index contributed by atoms with van der Waals surface area (Å²) in [7, 11) is 1.60. The molecule has 0 aliphatic heterocycles. The molecule has 7 nitrogen and oxygen atoms in total. The first kappa shape index (κ1) is 28.9. The van der Waals surface area contributed by atoms with Crippen LogP contribution in [0.1, 0.15) is 41.4 Å². The van der Waals surface area contributed by atoms with Crippen LogP contribution >= 0.6 is 11.8 Å². The molecule has 0 unspecified atom stereocenters. The van der Waals surface area contributed by atoms with Gasteiger partial charge in [-0.3, -0.25) is 4.79 Å². The molecule has 1 amide bonds. The van der Waals surface area contributed by atoms with Gasteiger partial charge in [-0.25, -0.2) is 15.0 Å². The van der Waals surface area contributed by atoms with E-state index in [-0.39, 0.29) is 17.2 Å². The maximum absolute atomic E-state index is 13.2. The van der Waals surface area contributed by atoms with Crippen molar-refractivity contribution < 1.29 is 22.7 Å². The minimum atomic E-state index is -4.52. The number of amides is 1. The van der Waals surface area contributed by atoms with Crippen molar-refractivity contribution in [1.29, 1.82) is 0 Å². The summed E-state index contributed by atoms with van der Waals surface area (Å²) in [6.07, 6.45) is -3.11. The van der Waals surface area contributed by atoms with E-state index in [2.05, 4.69) is 25.6 Å². The highest BCUT2D eigenvalue weighted by molar-refractivity contribution is 7.99. The monoisotopic (exact) mass is 589 g/mol. The SMILES string of the molecule is COc1ccc(Sc2ccc(C(=O)Nc3cccc(C(F)(F)F)c3)cc2Nc2ncnc3nc(C(C)C)ccc23)cc1. The molecule has 0 saturated heterocycles. The number of nitrogens with one attached hydrogen (secondary N) is 2. The van der Waals surface area contributed by atoms with Gasteiger partial charge in [-0.15, -0.1) is 0 Å². The molecule has 11 heteroatoms. The Labute approximate surface area is 244 Å². The molecule has 0 spiro atoms. The van der Waals surface area contributed by atoms with Crippen LogP contribution in [0.2, 0.25) is 0 Å². The van der Waals surface area contributed by atoms with E-state index in [1.165, 1.54) is 30.2 Å². The van der Waals surface area contributed by atoms with Gasteiger partial charge in [-0.05, 0) is 78.7 Å². The van der Waals surface area contributed by atoms with Gasteiger partial charge in [0.25, 0.3) is 5.91 Å². The first-order valence-corrected chi connectivity index (χ1v) is 13.8. The van der Waals surface area contributed by atoms with Crippen molar-refractivity contribution in [3.05, 3.63) is 102 Å². The molecule has 2 N–H and O–H groups in total. The molecule has 0 atom stereocenters. The van der Waals surface area contributed by atoms with E-state index in [1.807, 2.05) is 50.2 Å². The highest BCUT2D eigenvalue weighted by atomic mass is 32.2. The number of hydrogen-bond acceptors (Lipinski definition) is 7. The molecule has 5 rings (SSSR count). The number of carbonyl (C=O) groups excluding carboxylic acids is 1. The minimum absolute atomic E-state index is 0.0369. The largest absolute Gasteiger partial charge is 0.497 e. The standard InChI is InChI=1S/C31H26F3N5O2S/c1-18(2)25-13-12-24-28(38-25)35-17-36-29(24)39-26-15-19(7-14-27(26)42-23-10-8-22(41-3)9-11-23)30(40)37-21-6-4-5-20(16-21)31(32,33)34/h4-18H,1-3H3,(H,37,40)(H,35,36,38,39). The summed E-state index contributed by atoms with van der Waals surface area (Å²) in [5, 5.41) is 6.59. The summed E-state index contributed by atoms with van der Waals surface area (Å²) in [5.74, 6) is 0.879. The lowest BCUT2D eigenvalue weighted by molar-refractivity contribution is -0.137. The van der Waals surface area contributed by atoms with Crippen molar-refractivity contribution in [2.45, 2.75) is 35.7 Å². The highest BCUT2D eigenvalue weighted by Gasteiger charge is 2.30. The number of anilines is 3. The molecule has 3 aromatic carbocycles. The van der Waals surface area contributed by atoms with Crippen molar-refractivity contribution in [3.63, 3.8) is 0 Å². The summed E-state index contributed by atoms with van der Waals surface area (Å²) in [6, 6.07) is 20.9. The van der Waals surface area contributed by atoms with Crippen LogP contribution in [-0.2, 0) is 6.18 Å². The number of ether oxygens (including phenoxy) is 1. The minimum Gasteiger partial charge on any atom is -0.497 e. The number of nitrogens with zero attached hydrogens (tertiary/aromatic N) is 3. The van der Waals surface area contributed by atoms with Crippen LogP contribution < -0.4 is 15.4 Å². The Kier molecular flexibility index (Phi) is 8.30. The van der Waals surface area contributed by atoms with E-state index < -0.39 is 17.6 Å². The molecule has 0 radical (unpaired) electrons. The Balaban J connectivity index is 1.50. The van der Waals surface area contributed by atoms with Gasteiger partial charge in [0.1, 0.15) is 17.9 Å². The van der Waals surface area contributed by atoms with Crippen LogP contribution in [0.15, 0.2) is 95.0 Å². The maximum Gasteiger partial charge on any atom is 0.416 e. The number of carbonyl (C=O) groups is 1. The third-order valence-electron chi connectivity index (χ3n) is 6.34. The first-order valence-electron chi connectivity index (χ1n) is 12.9. The van der Waals surface area contributed by atoms with Crippen molar-refractivity contribution >= 4 is 45.9 Å². The lowest BCUT2D eigenvalue weighted by atomic mass is 10.1. The summed E-state index contributed by atoms with van der Waals surface area (Å²) < 4.78 is 44.8. The van der Waals surface area contributed by atoms with Gasteiger partial charge in [0.15, 0.2) is 5.65 Å². The fraction of sp³-hybridized carbons (Fsp3) is 0.161. The van der Waals surface area contributed by atoms with Crippen molar-refractivity contribution in [2.75, 3.05) is 17.7 Å². The highest BCUT2D eigenvalue weighted by Crippen LogP contribution is 2.37. The second kappa shape index (κ2) is 12.1. The number of fused-ring (bicyclic) bond motifs is 1. The van der Waals surface area contributed by atoms with Gasteiger partial charge in [-0.2, -0.15) is 13.2 Å². The smallest absolute Gasteiger partial charge is 0.416 e. The summed E-state index contributed by atoms with van der Waals surface area (Å²) in [4.78, 5) is 28.3. The zero-order valence-electron chi connectivity index (χ0n) is 22.9. The predicted octanol–water partition coefficient (Wildman–Crippen LogP) is 8.32. The fourth-order valence-electron chi connectivity index (χ4n) is 4.11. The van der Waals surface area contributed by atoms with Crippen LogP contribution in [0.5, 0.6) is 5.75 Å². The molecule has 2 heterocycles. The van der Waals surface area contributed by atoms with E-state index in [0.29, 0.717) is 22.5 Å². The molecule has 0 bridgehead atoms. The number of hydrogen-bond donors (Lipinski definition) is 2. The average molecular weight is 590 g/mol. The van der Waals surface area contributed by atoms with Crippen LogP contribution in [0.4, 0.5) is 30.4 Å². The zero-order valence-corrected chi connectivity index (χ0v) is 23.7. The maximum atomic E-state index is 13.2. The molecule has 2 aromatic heterocycles. The normalized spacial score (nSPS) is 11.5. The Bertz CT molecular complexity index is 1740. The number of pyridine rings is 1. The number of methoxy groups -OCH3 is 1. The molecule has 214 valence electrons. The third kappa shape index (κ3) is 6.63. The summed E-state index contributed by atoms with van der Waals surface area (Å²) in [6.45, 7) is 4.10. The quantitative estimate of drug-likeness (QED) is 0.188. The van der Waals surface area contributed by atoms with E-state index in [1.54, 1.807) is 25.3 Å². The number of alkyl halides is 3. The van der Waals surface area contributed by atoms with Gasteiger partial charge in [0, 0.05) is 26.7 Å². The van der Waals surface area contributed by atoms with Gasteiger partial charge in [0.2, 0.25) is 0 Å². The molecular formula is C31H26F3N5O2S. The summed E-state index contributed by atoms with van der Waals surface area (Å²) >= 11 is 1.46. The number of halogens is 3. The van der Waals surface area contributed by atoms with Crippen molar-refractivity contribution in [3.8, 4) is 5.75 Å². The average Bonchev–Trinajstić information content (AvgIpc) is 2.98. The Morgan fingerprint density at radius 2 is 1.74 bits per heavy atom. The molecular weight excluding hydrogens is 563 g/mol. The second-order valence-corrected chi connectivity index (χ2v) is 10.7. The lowest BCUT2D eigenvalue weighted by Gasteiger charge is -2.15. The van der Waals surface area contributed by atoms with Gasteiger partial charge in [-0.1, -0.05) is 31.7 Å². The van der Waals surface area contributed by atoms with Crippen LogP contribution in [0.25, 0.3) is 11.0 Å². The fourth-order valence-corrected chi connectivity index (χ4v) is 4.99. The number of aromatic nitrogens is 3. The van der Waals surface area contributed by atoms with E-state index in [0.717, 1.165) is 33.4 Å². The van der Waals surface area contributed by atoms with E-state index in [4.69, 9.17) is 4.74 Å². The lowest BCUT2D eigenvalue weighted by Crippen LogP contribution is -2.13.